The van der Waals surface area contributed by atoms with Gasteiger partial charge in [0.2, 0.25) is 5.91 Å². The van der Waals surface area contributed by atoms with Crippen LogP contribution >= 0.6 is 0 Å². The van der Waals surface area contributed by atoms with Crippen LogP contribution < -0.4 is 5.32 Å². The van der Waals surface area contributed by atoms with Gasteiger partial charge in [0.25, 0.3) is 0 Å². The van der Waals surface area contributed by atoms with Crippen molar-refractivity contribution in [3.8, 4) is 0 Å². The van der Waals surface area contributed by atoms with Crippen molar-refractivity contribution >= 4 is 5.91 Å². The number of carbonyl (C=O) groups is 1. The van der Waals surface area contributed by atoms with Gasteiger partial charge in [-0.2, -0.15) is 0 Å². The Labute approximate surface area is 160 Å². The predicted molar refractivity (Wildman–Crippen MR) is 103 cm³/mol. The molecule has 0 spiro atoms. The minimum absolute atomic E-state index is 0.0312. The van der Waals surface area contributed by atoms with Gasteiger partial charge in [0, 0.05) is 46.1 Å². The van der Waals surface area contributed by atoms with Crippen LogP contribution in [0.5, 0.6) is 0 Å². The smallest absolute Gasteiger partial charge is 0.222 e. The van der Waals surface area contributed by atoms with Gasteiger partial charge in [-0.3, -0.25) is 9.69 Å². The Kier molecular flexibility index (Phi) is 6.58. The molecule has 1 aliphatic rings. The third-order valence-electron chi connectivity index (χ3n) is 4.97. The van der Waals surface area contributed by atoms with Crippen molar-refractivity contribution in [2.75, 3.05) is 26.8 Å². The summed E-state index contributed by atoms with van der Waals surface area (Å²) in [5.41, 5.74) is 2.62. The molecule has 27 heavy (non-hydrogen) atoms. The lowest BCUT2D eigenvalue weighted by atomic mass is 10.1. The van der Waals surface area contributed by atoms with Crippen molar-refractivity contribution in [3.63, 3.8) is 0 Å². The zero-order valence-corrected chi connectivity index (χ0v) is 16.4. The minimum atomic E-state index is -0.167. The van der Waals surface area contributed by atoms with Crippen LogP contribution in [0.15, 0.2) is 24.3 Å². The molecule has 1 aromatic carbocycles. The molecule has 1 atom stereocenters. The van der Waals surface area contributed by atoms with E-state index >= 15 is 0 Å². The number of amides is 1. The summed E-state index contributed by atoms with van der Waals surface area (Å²) < 4.78 is 7.12. The van der Waals surface area contributed by atoms with Crippen molar-refractivity contribution in [1.29, 1.82) is 0 Å². The Morgan fingerprint density at radius 2 is 2.00 bits per heavy atom. The Balaban J connectivity index is 1.61. The van der Waals surface area contributed by atoms with Crippen LogP contribution in [0.3, 0.4) is 0 Å². The van der Waals surface area contributed by atoms with E-state index < -0.39 is 0 Å². The highest BCUT2D eigenvalue weighted by Gasteiger charge is 2.22. The maximum absolute atomic E-state index is 12.0. The number of aryl methyl sites for hydroxylation is 1. The van der Waals surface area contributed by atoms with Crippen molar-refractivity contribution in [2.45, 2.75) is 45.8 Å². The summed E-state index contributed by atoms with van der Waals surface area (Å²) in [6.45, 7) is 8.16. The van der Waals surface area contributed by atoms with Crippen LogP contribution in [-0.4, -0.2) is 52.4 Å². The molecule has 2 aromatic rings. The number of fused-ring (bicyclic) bond motifs is 1. The van der Waals surface area contributed by atoms with Gasteiger partial charge in [0.15, 0.2) is 5.82 Å². The summed E-state index contributed by atoms with van der Waals surface area (Å²) in [6, 6.07) is 8.55. The third kappa shape index (κ3) is 5.14. The van der Waals surface area contributed by atoms with Gasteiger partial charge in [-0.15, -0.1) is 10.2 Å². The summed E-state index contributed by atoms with van der Waals surface area (Å²) in [6.07, 6.45) is 1.22. The molecule has 3 rings (SSSR count). The fraction of sp³-hybridized carbons (Fsp3) is 0.550. The minimum Gasteiger partial charge on any atom is -0.384 e. The molecule has 1 aromatic heterocycles. The van der Waals surface area contributed by atoms with E-state index in [2.05, 4.69) is 56.2 Å². The molecule has 0 saturated carbocycles. The Morgan fingerprint density at radius 3 is 2.74 bits per heavy atom. The van der Waals surface area contributed by atoms with Gasteiger partial charge in [0.05, 0.1) is 12.6 Å². The number of rotatable bonds is 7. The van der Waals surface area contributed by atoms with Gasteiger partial charge in [0.1, 0.15) is 5.82 Å². The maximum Gasteiger partial charge on any atom is 0.222 e. The molecule has 7 nitrogen and oxygen atoms in total. The van der Waals surface area contributed by atoms with Crippen LogP contribution in [0, 0.1) is 6.92 Å². The predicted octanol–water partition coefficient (Wildman–Crippen LogP) is 1.86. The molecule has 1 N–H and O–H groups in total. The van der Waals surface area contributed by atoms with E-state index in [4.69, 9.17) is 4.74 Å². The van der Waals surface area contributed by atoms with E-state index in [1.165, 1.54) is 11.1 Å². The normalized spacial score (nSPS) is 15.8. The number of hydrogen-bond donors (Lipinski definition) is 1. The van der Waals surface area contributed by atoms with Crippen molar-refractivity contribution in [2.24, 2.45) is 0 Å². The van der Waals surface area contributed by atoms with Gasteiger partial charge < -0.3 is 14.6 Å². The first kappa shape index (κ1) is 19.5. The van der Waals surface area contributed by atoms with Crippen LogP contribution in [0.25, 0.3) is 0 Å². The zero-order valence-electron chi connectivity index (χ0n) is 16.4. The topological polar surface area (TPSA) is 72.3 Å². The summed E-state index contributed by atoms with van der Waals surface area (Å²) in [5, 5.41) is 11.7. The number of benzene rings is 1. The number of ether oxygens (including phenoxy) is 1. The summed E-state index contributed by atoms with van der Waals surface area (Å²) in [5.74, 6) is 1.79. The molecule has 1 aliphatic heterocycles. The van der Waals surface area contributed by atoms with Gasteiger partial charge >= 0.3 is 0 Å². The standard InChI is InChI=1S/C20H29N5O2/c1-15-4-6-17(7-5-15)14-24-10-8-18-22-23-20(25(18)12-11-24)16(2)21-19(26)9-13-27-3/h4-7,16H,8-14H2,1-3H3,(H,21,26). The zero-order chi connectivity index (χ0) is 19.2. The maximum atomic E-state index is 12.0. The lowest BCUT2D eigenvalue weighted by Gasteiger charge is -2.20. The fourth-order valence-corrected chi connectivity index (χ4v) is 3.39. The van der Waals surface area contributed by atoms with E-state index in [9.17, 15) is 4.79 Å². The highest BCUT2D eigenvalue weighted by atomic mass is 16.5. The molecular weight excluding hydrogens is 342 g/mol. The van der Waals surface area contributed by atoms with Crippen LogP contribution in [-0.2, 0) is 29.0 Å². The van der Waals surface area contributed by atoms with E-state index in [0.29, 0.717) is 13.0 Å². The number of aromatic nitrogens is 3. The van der Waals surface area contributed by atoms with E-state index in [-0.39, 0.29) is 11.9 Å². The monoisotopic (exact) mass is 371 g/mol. The molecule has 0 aliphatic carbocycles. The summed E-state index contributed by atoms with van der Waals surface area (Å²) in [7, 11) is 1.59. The van der Waals surface area contributed by atoms with E-state index in [1.54, 1.807) is 7.11 Å². The molecule has 0 radical (unpaired) electrons. The number of nitrogens with one attached hydrogen (secondary N) is 1. The number of methoxy groups -OCH3 is 1. The molecule has 146 valence electrons. The van der Waals surface area contributed by atoms with E-state index in [1.807, 2.05) is 6.92 Å². The molecule has 7 heteroatoms. The molecule has 0 saturated heterocycles. The second-order valence-electron chi connectivity index (χ2n) is 7.17. The lowest BCUT2D eigenvalue weighted by molar-refractivity contribution is -0.122. The summed E-state index contributed by atoms with van der Waals surface area (Å²) in [4.78, 5) is 14.4. The molecule has 1 unspecified atom stereocenters. The second kappa shape index (κ2) is 9.10. The van der Waals surface area contributed by atoms with Crippen molar-refractivity contribution < 1.29 is 9.53 Å². The Morgan fingerprint density at radius 1 is 1.22 bits per heavy atom. The van der Waals surface area contributed by atoms with Crippen LogP contribution in [0.1, 0.15) is 42.2 Å². The first-order valence-electron chi connectivity index (χ1n) is 9.55. The largest absolute Gasteiger partial charge is 0.384 e. The first-order chi connectivity index (χ1) is 13.1. The fourth-order valence-electron chi connectivity index (χ4n) is 3.39. The first-order valence-corrected chi connectivity index (χ1v) is 9.55. The quantitative estimate of drug-likeness (QED) is 0.804. The molecular formula is C20H29N5O2. The van der Waals surface area contributed by atoms with Gasteiger partial charge in [-0.1, -0.05) is 29.8 Å². The van der Waals surface area contributed by atoms with E-state index in [0.717, 1.165) is 44.2 Å². The average molecular weight is 371 g/mol. The van der Waals surface area contributed by atoms with Crippen molar-refractivity contribution in [3.05, 3.63) is 47.0 Å². The third-order valence-corrected chi connectivity index (χ3v) is 4.97. The molecule has 0 fully saturated rings. The Bertz CT molecular complexity index is 756. The van der Waals surface area contributed by atoms with Crippen LogP contribution in [0.2, 0.25) is 0 Å². The Hall–Kier alpha value is -2.25. The number of hydrogen-bond acceptors (Lipinski definition) is 5. The summed E-state index contributed by atoms with van der Waals surface area (Å²) >= 11 is 0. The van der Waals surface area contributed by atoms with Crippen molar-refractivity contribution in [1.82, 2.24) is 25.0 Å². The second-order valence-corrected chi connectivity index (χ2v) is 7.17. The molecule has 2 heterocycles. The number of carbonyl (C=O) groups excluding carboxylic acids is 1. The molecule has 1 amide bonds. The SMILES string of the molecule is COCCC(=O)NC(C)c1nnc2n1CCN(Cc1ccc(C)cc1)CC2. The highest BCUT2D eigenvalue weighted by Crippen LogP contribution is 2.17. The molecule has 0 bridgehead atoms. The average Bonchev–Trinajstić information content (AvgIpc) is 2.97. The lowest BCUT2D eigenvalue weighted by Crippen LogP contribution is -2.30. The number of nitrogens with zero attached hydrogens (tertiary/aromatic N) is 4. The van der Waals surface area contributed by atoms with Crippen LogP contribution in [0.4, 0.5) is 0 Å². The highest BCUT2D eigenvalue weighted by molar-refractivity contribution is 5.76. The van der Waals surface area contributed by atoms with Gasteiger partial charge in [-0.05, 0) is 19.4 Å². The van der Waals surface area contributed by atoms with Gasteiger partial charge in [-0.25, -0.2) is 0 Å².